The zero-order valence-corrected chi connectivity index (χ0v) is 8.00. The summed E-state index contributed by atoms with van der Waals surface area (Å²) in [5, 5.41) is 9.16. The molecule has 0 bridgehead atoms. The fourth-order valence-electron chi connectivity index (χ4n) is 1.18. The molecule has 1 N–H and O–H groups in total. The minimum atomic E-state index is -0.806. The number of phenolic OH excluding ortho intramolecular Hbond substituents is 1. The molecule has 0 aliphatic carbocycles. The molecule has 1 aromatic rings. The quantitative estimate of drug-likeness (QED) is 0.803. The molecule has 0 spiro atoms. The summed E-state index contributed by atoms with van der Waals surface area (Å²) in [6.07, 6.45) is 0.157. The molecule has 0 atom stereocenters. The van der Waals surface area contributed by atoms with Crippen LogP contribution >= 0.6 is 0 Å². The molecular weight excluding hydrogens is 187 g/mol. The summed E-state index contributed by atoms with van der Waals surface area (Å²) in [6, 6.07) is 2.62. The molecule has 0 saturated carbocycles. The number of carbonyl (C=O) groups is 1. The van der Waals surface area contributed by atoms with Crippen LogP contribution in [-0.2, 0) is 11.2 Å². The second-order valence-electron chi connectivity index (χ2n) is 3.01. The van der Waals surface area contributed by atoms with E-state index in [0.29, 0.717) is 5.56 Å². The number of phenols is 1. The monoisotopic (exact) mass is 198 g/mol. The van der Waals surface area contributed by atoms with E-state index in [1.807, 2.05) is 0 Å². The van der Waals surface area contributed by atoms with E-state index in [4.69, 9.17) is 9.84 Å². The molecule has 0 radical (unpaired) electrons. The standard InChI is InChI=1S/C10H11FO3/c1-6(12)3-7-4-8(13)10(11)9(5-7)14-2/h4-5,13H,3H2,1-2H3. The van der Waals surface area contributed by atoms with Crippen molar-refractivity contribution in [1.29, 1.82) is 0 Å². The molecule has 0 aliphatic rings. The van der Waals surface area contributed by atoms with Crippen LogP contribution in [0.1, 0.15) is 12.5 Å². The zero-order chi connectivity index (χ0) is 10.7. The smallest absolute Gasteiger partial charge is 0.206 e. The Bertz CT molecular complexity index is 361. The normalized spacial score (nSPS) is 9.93. The van der Waals surface area contributed by atoms with Gasteiger partial charge in [0.15, 0.2) is 11.5 Å². The van der Waals surface area contributed by atoms with Gasteiger partial charge >= 0.3 is 0 Å². The van der Waals surface area contributed by atoms with Crippen molar-refractivity contribution in [3.05, 3.63) is 23.5 Å². The number of halogens is 1. The third kappa shape index (κ3) is 2.22. The van der Waals surface area contributed by atoms with Gasteiger partial charge in [-0.2, -0.15) is 4.39 Å². The molecule has 0 heterocycles. The summed E-state index contributed by atoms with van der Waals surface area (Å²) in [5.74, 6) is -1.42. The van der Waals surface area contributed by atoms with Crippen molar-refractivity contribution >= 4 is 5.78 Å². The molecule has 0 amide bonds. The SMILES string of the molecule is COc1cc(CC(C)=O)cc(O)c1F. The maximum atomic E-state index is 13.1. The number of aromatic hydroxyl groups is 1. The summed E-state index contributed by atoms with van der Waals surface area (Å²) in [7, 11) is 1.30. The second kappa shape index (κ2) is 4.09. The fourth-order valence-corrected chi connectivity index (χ4v) is 1.18. The molecule has 76 valence electrons. The number of methoxy groups -OCH3 is 1. The number of ether oxygens (including phenoxy) is 1. The van der Waals surface area contributed by atoms with Crippen molar-refractivity contribution in [1.82, 2.24) is 0 Å². The first-order chi connectivity index (χ1) is 6.54. The van der Waals surface area contributed by atoms with Crippen LogP contribution in [0.2, 0.25) is 0 Å². The van der Waals surface area contributed by atoms with Gasteiger partial charge in [-0.1, -0.05) is 0 Å². The van der Waals surface area contributed by atoms with Gasteiger partial charge in [0, 0.05) is 6.42 Å². The lowest BCUT2D eigenvalue weighted by molar-refractivity contribution is -0.116. The Labute approximate surface area is 81.1 Å². The van der Waals surface area contributed by atoms with Gasteiger partial charge in [-0.3, -0.25) is 4.79 Å². The van der Waals surface area contributed by atoms with Gasteiger partial charge in [0.2, 0.25) is 5.82 Å². The second-order valence-corrected chi connectivity index (χ2v) is 3.01. The maximum Gasteiger partial charge on any atom is 0.206 e. The molecule has 3 nitrogen and oxygen atoms in total. The molecule has 0 fully saturated rings. The average Bonchev–Trinajstić information content (AvgIpc) is 2.10. The highest BCUT2D eigenvalue weighted by molar-refractivity contribution is 5.78. The van der Waals surface area contributed by atoms with Gasteiger partial charge in [-0.05, 0) is 24.6 Å². The first-order valence-corrected chi connectivity index (χ1v) is 4.09. The molecule has 1 rings (SSSR count). The molecule has 0 aliphatic heterocycles. The lowest BCUT2D eigenvalue weighted by Gasteiger charge is -2.06. The minimum absolute atomic E-state index is 0.0544. The van der Waals surface area contributed by atoms with Gasteiger partial charge in [-0.25, -0.2) is 0 Å². The van der Waals surface area contributed by atoms with E-state index in [1.54, 1.807) is 0 Å². The third-order valence-electron chi connectivity index (χ3n) is 1.75. The van der Waals surface area contributed by atoms with E-state index in [0.717, 1.165) is 0 Å². The molecule has 0 unspecified atom stereocenters. The lowest BCUT2D eigenvalue weighted by atomic mass is 10.1. The minimum Gasteiger partial charge on any atom is -0.505 e. The third-order valence-corrected chi connectivity index (χ3v) is 1.75. The highest BCUT2D eigenvalue weighted by atomic mass is 19.1. The van der Waals surface area contributed by atoms with E-state index in [2.05, 4.69) is 0 Å². The van der Waals surface area contributed by atoms with E-state index in [1.165, 1.54) is 26.2 Å². The Kier molecular flexibility index (Phi) is 3.06. The highest BCUT2D eigenvalue weighted by Gasteiger charge is 2.11. The van der Waals surface area contributed by atoms with E-state index >= 15 is 0 Å². The maximum absolute atomic E-state index is 13.1. The molecule has 4 heteroatoms. The number of rotatable bonds is 3. The van der Waals surface area contributed by atoms with E-state index in [-0.39, 0.29) is 18.0 Å². The fraction of sp³-hybridized carbons (Fsp3) is 0.300. The summed E-state index contributed by atoms with van der Waals surface area (Å²) < 4.78 is 17.8. The zero-order valence-electron chi connectivity index (χ0n) is 8.00. The topological polar surface area (TPSA) is 46.5 Å². The molecule has 0 aromatic heterocycles. The lowest BCUT2D eigenvalue weighted by Crippen LogP contribution is -1.98. The van der Waals surface area contributed by atoms with Crippen molar-refractivity contribution in [3.8, 4) is 11.5 Å². The average molecular weight is 198 g/mol. The summed E-state index contributed by atoms with van der Waals surface area (Å²) in [4.78, 5) is 10.8. The molecular formula is C10H11FO3. The number of hydrogen-bond donors (Lipinski definition) is 1. The largest absolute Gasteiger partial charge is 0.505 e. The van der Waals surface area contributed by atoms with Crippen molar-refractivity contribution in [2.45, 2.75) is 13.3 Å². The Hall–Kier alpha value is -1.58. The van der Waals surface area contributed by atoms with Crippen molar-refractivity contribution < 1.29 is 19.0 Å². The van der Waals surface area contributed by atoms with Crippen LogP contribution in [0.15, 0.2) is 12.1 Å². The highest BCUT2D eigenvalue weighted by Crippen LogP contribution is 2.27. The number of Topliss-reactive ketones (excluding diaryl/α,β-unsaturated/α-hetero) is 1. The van der Waals surface area contributed by atoms with Crippen LogP contribution in [0.4, 0.5) is 4.39 Å². The first kappa shape index (κ1) is 10.5. The number of hydrogen-bond acceptors (Lipinski definition) is 3. The van der Waals surface area contributed by atoms with Crippen LogP contribution in [0.5, 0.6) is 11.5 Å². The van der Waals surface area contributed by atoms with Gasteiger partial charge in [0.1, 0.15) is 5.78 Å². The van der Waals surface area contributed by atoms with Crippen LogP contribution < -0.4 is 4.74 Å². The van der Waals surface area contributed by atoms with E-state index in [9.17, 15) is 9.18 Å². The van der Waals surface area contributed by atoms with Gasteiger partial charge < -0.3 is 9.84 Å². The molecule has 1 aromatic carbocycles. The van der Waals surface area contributed by atoms with Crippen LogP contribution in [0, 0.1) is 5.82 Å². The molecule has 0 saturated heterocycles. The predicted molar refractivity (Wildman–Crippen MR) is 49.0 cm³/mol. The van der Waals surface area contributed by atoms with Crippen LogP contribution in [0.3, 0.4) is 0 Å². The Balaban J connectivity index is 3.09. The van der Waals surface area contributed by atoms with Crippen molar-refractivity contribution in [2.75, 3.05) is 7.11 Å². The summed E-state index contributed by atoms with van der Waals surface area (Å²) >= 11 is 0. The number of carbonyl (C=O) groups excluding carboxylic acids is 1. The number of benzene rings is 1. The van der Waals surface area contributed by atoms with Gasteiger partial charge in [0.25, 0.3) is 0 Å². The van der Waals surface area contributed by atoms with Crippen molar-refractivity contribution in [3.63, 3.8) is 0 Å². The van der Waals surface area contributed by atoms with Gasteiger partial charge in [0.05, 0.1) is 7.11 Å². The Morgan fingerprint density at radius 1 is 1.57 bits per heavy atom. The molecule has 14 heavy (non-hydrogen) atoms. The Morgan fingerprint density at radius 2 is 2.21 bits per heavy atom. The summed E-state index contributed by atoms with van der Waals surface area (Å²) in [5.41, 5.74) is 0.535. The Morgan fingerprint density at radius 3 is 2.71 bits per heavy atom. The van der Waals surface area contributed by atoms with Crippen molar-refractivity contribution in [2.24, 2.45) is 0 Å². The van der Waals surface area contributed by atoms with Crippen LogP contribution in [-0.4, -0.2) is 18.0 Å². The summed E-state index contributed by atoms with van der Waals surface area (Å²) in [6.45, 7) is 1.42. The number of ketones is 1. The predicted octanol–water partition coefficient (Wildman–Crippen LogP) is 1.67. The van der Waals surface area contributed by atoms with Crippen LogP contribution in [0.25, 0.3) is 0 Å². The van der Waals surface area contributed by atoms with Gasteiger partial charge in [-0.15, -0.1) is 0 Å². The van der Waals surface area contributed by atoms with E-state index < -0.39 is 11.6 Å². The first-order valence-electron chi connectivity index (χ1n) is 4.09.